The molecule has 0 unspecified atom stereocenters. The molecule has 0 spiro atoms. The number of aliphatic imine (C=N–C) groups is 1. The normalized spacial score (nSPS) is 25.2. The van der Waals surface area contributed by atoms with E-state index in [4.69, 9.17) is 5.73 Å². The summed E-state index contributed by atoms with van der Waals surface area (Å²) in [5.41, 5.74) is 5.77. The third-order valence-corrected chi connectivity index (χ3v) is 6.74. The fraction of sp³-hybridized carbons (Fsp3) is 0.429. The van der Waals surface area contributed by atoms with Crippen molar-refractivity contribution in [2.24, 2.45) is 16.6 Å². The molecular formula is C21H20F4N4O2S. The number of Topliss-reactive ketones (excluding diaryl/α,β-unsaturated/α-hetero) is 1. The van der Waals surface area contributed by atoms with E-state index in [0.29, 0.717) is 28.5 Å². The van der Waals surface area contributed by atoms with Crippen molar-refractivity contribution >= 4 is 22.7 Å². The number of hydrogen-bond acceptors (Lipinski definition) is 7. The van der Waals surface area contributed by atoms with Gasteiger partial charge in [0.1, 0.15) is 17.7 Å². The van der Waals surface area contributed by atoms with Crippen LogP contribution in [0, 0.1) is 11.7 Å². The Bertz CT molecular complexity index is 1040. The molecule has 1 aliphatic heterocycles. The van der Waals surface area contributed by atoms with Crippen LogP contribution in [0.5, 0.6) is 5.88 Å². The lowest BCUT2D eigenvalue weighted by molar-refractivity contribution is -0.0531. The Morgan fingerprint density at radius 3 is 2.84 bits per heavy atom. The maximum Gasteiger partial charge on any atom is 0.388 e. The molecule has 2 heterocycles. The van der Waals surface area contributed by atoms with Gasteiger partial charge in [0.2, 0.25) is 5.88 Å². The molecule has 6 nitrogen and oxygen atoms in total. The van der Waals surface area contributed by atoms with E-state index in [-0.39, 0.29) is 30.9 Å². The molecule has 2 aliphatic rings. The number of amidine groups is 1. The van der Waals surface area contributed by atoms with Crippen molar-refractivity contribution in [3.05, 3.63) is 53.2 Å². The quantitative estimate of drug-likeness (QED) is 0.509. The largest absolute Gasteiger partial charge is 0.415 e. The van der Waals surface area contributed by atoms with Gasteiger partial charge >= 0.3 is 6.61 Å². The maximum atomic E-state index is 15.0. The van der Waals surface area contributed by atoms with E-state index in [2.05, 4.69) is 19.7 Å². The maximum absolute atomic E-state index is 15.0. The summed E-state index contributed by atoms with van der Waals surface area (Å²) in [7, 11) is 0. The van der Waals surface area contributed by atoms with E-state index in [1.807, 2.05) is 0 Å². The number of fused-ring (bicyclic) bond motifs is 1. The van der Waals surface area contributed by atoms with E-state index in [1.54, 1.807) is 6.07 Å². The molecule has 32 heavy (non-hydrogen) atoms. The Balaban J connectivity index is 1.60. The average molecular weight is 468 g/mol. The minimum Gasteiger partial charge on any atom is -0.415 e. The lowest BCUT2D eigenvalue weighted by Crippen LogP contribution is -2.45. The van der Waals surface area contributed by atoms with Crippen LogP contribution < -0.4 is 10.5 Å². The molecule has 1 aromatic heterocycles. The molecule has 2 aromatic rings. The number of carbonyl (C=O) groups excluding carboxylic acids is 1. The predicted octanol–water partition coefficient (Wildman–Crippen LogP) is 4.04. The summed E-state index contributed by atoms with van der Waals surface area (Å²) < 4.78 is 57.6. The Morgan fingerprint density at radius 2 is 2.12 bits per heavy atom. The van der Waals surface area contributed by atoms with Crippen molar-refractivity contribution in [2.75, 3.05) is 5.75 Å². The second-order valence-electron chi connectivity index (χ2n) is 7.79. The number of ketones is 1. The highest BCUT2D eigenvalue weighted by Crippen LogP contribution is 2.50. The second-order valence-corrected chi connectivity index (χ2v) is 8.83. The Kier molecular flexibility index (Phi) is 6.36. The predicted molar refractivity (Wildman–Crippen MR) is 111 cm³/mol. The summed E-state index contributed by atoms with van der Waals surface area (Å²) in [6, 6.07) is 4.33. The van der Waals surface area contributed by atoms with Gasteiger partial charge in [-0.1, -0.05) is 17.8 Å². The number of rotatable bonds is 6. The molecule has 0 amide bonds. The topological polar surface area (TPSA) is 90.5 Å². The summed E-state index contributed by atoms with van der Waals surface area (Å²) >= 11 is 1.33. The molecule has 0 saturated heterocycles. The highest BCUT2D eigenvalue weighted by molar-refractivity contribution is 8.13. The van der Waals surface area contributed by atoms with Gasteiger partial charge in [-0.05, 0) is 37.0 Å². The molecule has 3 atom stereocenters. The first-order valence-electron chi connectivity index (χ1n) is 9.98. The molecule has 1 aliphatic carbocycles. The van der Waals surface area contributed by atoms with Crippen LogP contribution in [0.25, 0.3) is 0 Å². The van der Waals surface area contributed by atoms with Gasteiger partial charge < -0.3 is 10.5 Å². The molecule has 170 valence electrons. The first-order chi connectivity index (χ1) is 15.3. The van der Waals surface area contributed by atoms with Gasteiger partial charge in [0, 0.05) is 23.7 Å². The number of nitrogens with two attached hydrogens (primary N) is 1. The lowest BCUT2D eigenvalue weighted by Gasteiger charge is -2.45. The van der Waals surface area contributed by atoms with E-state index in [0.717, 1.165) is 12.4 Å². The first-order valence-corrected chi connectivity index (χ1v) is 11.0. The van der Waals surface area contributed by atoms with Crippen LogP contribution in [-0.2, 0) is 12.0 Å². The van der Waals surface area contributed by atoms with Crippen LogP contribution in [0.3, 0.4) is 0 Å². The van der Waals surface area contributed by atoms with Crippen molar-refractivity contribution in [3.63, 3.8) is 0 Å². The van der Waals surface area contributed by atoms with Crippen LogP contribution >= 0.6 is 11.8 Å². The van der Waals surface area contributed by atoms with Gasteiger partial charge in [0.05, 0.1) is 17.9 Å². The van der Waals surface area contributed by atoms with Crippen molar-refractivity contribution in [3.8, 4) is 5.88 Å². The summed E-state index contributed by atoms with van der Waals surface area (Å²) in [4.78, 5) is 24.6. The number of hydrogen-bond donors (Lipinski definition) is 1. The average Bonchev–Trinajstić information content (AvgIpc) is 2.75. The zero-order chi connectivity index (χ0) is 22.9. The Labute approximate surface area is 185 Å². The number of halogens is 4. The third kappa shape index (κ3) is 4.57. The smallest absolute Gasteiger partial charge is 0.388 e. The van der Waals surface area contributed by atoms with Crippen molar-refractivity contribution in [2.45, 2.75) is 44.0 Å². The van der Waals surface area contributed by atoms with Crippen molar-refractivity contribution in [1.29, 1.82) is 0 Å². The van der Waals surface area contributed by atoms with Gasteiger partial charge in [-0.3, -0.25) is 9.79 Å². The second kappa shape index (κ2) is 9.05. The number of nitrogens with zero attached hydrogens (tertiary/aromatic N) is 3. The summed E-state index contributed by atoms with van der Waals surface area (Å²) in [6.45, 7) is -3.05. The van der Waals surface area contributed by atoms with Gasteiger partial charge in [-0.25, -0.2) is 18.7 Å². The Morgan fingerprint density at radius 1 is 1.31 bits per heavy atom. The molecule has 1 fully saturated rings. The van der Waals surface area contributed by atoms with Crippen molar-refractivity contribution < 1.29 is 27.1 Å². The highest BCUT2D eigenvalue weighted by atomic mass is 32.2. The zero-order valence-corrected chi connectivity index (χ0v) is 17.6. The fourth-order valence-electron chi connectivity index (χ4n) is 4.29. The first kappa shape index (κ1) is 22.5. The molecule has 4 rings (SSSR count). The fourth-order valence-corrected chi connectivity index (χ4v) is 5.30. The monoisotopic (exact) mass is 468 g/mol. The minimum atomic E-state index is -3.05. The molecule has 0 radical (unpaired) electrons. The van der Waals surface area contributed by atoms with Gasteiger partial charge in [-0.15, -0.1) is 0 Å². The van der Waals surface area contributed by atoms with Crippen LogP contribution in [0.2, 0.25) is 0 Å². The number of ether oxygens (including phenoxy) is 1. The molecule has 1 saturated carbocycles. The van der Waals surface area contributed by atoms with E-state index in [1.165, 1.54) is 23.9 Å². The third-order valence-electron chi connectivity index (χ3n) is 5.78. The molecule has 1 aromatic carbocycles. The summed E-state index contributed by atoms with van der Waals surface area (Å²) in [5.74, 6) is -0.985. The van der Waals surface area contributed by atoms with Crippen LogP contribution in [0.4, 0.5) is 17.6 Å². The van der Waals surface area contributed by atoms with Crippen LogP contribution in [0.15, 0.2) is 35.6 Å². The molecule has 0 bridgehead atoms. The number of carbonyl (C=O) groups is 1. The summed E-state index contributed by atoms with van der Waals surface area (Å²) in [5, 5.41) is 0.334. The standard InChI is InChI=1S/C21H20F4N4O2S/c22-13-3-4-21(12(7-13)10-32-20(26)29-21)14-5-11(1-2-15(14)23)6-17(30)16-8-28-18(9-27-16)31-19(24)25/h1-2,5,8-9,12-13,19H,3-4,6-7,10H2,(H2,26,29)/t12-,13-,21-/m0/s1. The van der Waals surface area contributed by atoms with Gasteiger partial charge in [0.15, 0.2) is 11.0 Å². The SMILES string of the molecule is NC1=N[C@@]2(c3cc(CC(=O)c4cnc(OC(F)F)cn4)ccc3F)CC[C@H](F)C[C@H]2CS1. The van der Waals surface area contributed by atoms with Crippen molar-refractivity contribution in [1.82, 2.24) is 9.97 Å². The lowest BCUT2D eigenvalue weighted by atomic mass is 9.68. The van der Waals surface area contributed by atoms with E-state index >= 15 is 0 Å². The van der Waals surface area contributed by atoms with Gasteiger partial charge in [-0.2, -0.15) is 8.78 Å². The zero-order valence-electron chi connectivity index (χ0n) is 16.8. The number of aromatic nitrogens is 2. The molecular weight excluding hydrogens is 448 g/mol. The Hall–Kier alpha value is -2.69. The van der Waals surface area contributed by atoms with Crippen LogP contribution in [-0.4, -0.2) is 39.5 Å². The summed E-state index contributed by atoms with van der Waals surface area (Å²) in [6.07, 6.45) is 1.75. The van der Waals surface area contributed by atoms with E-state index in [9.17, 15) is 22.4 Å². The number of benzene rings is 1. The highest BCUT2D eigenvalue weighted by Gasteiger charge is 2.48. The van der Waals surface area contributed by atoms with Gasteiger partial charge in [0.25, 0.3) is 0 Å². The molecule has 11 heteroatoms. The number of alkyl halides is 3. The molecule has 2 N–H and O–H groups in total. The van der Waals surface area contributed by atoms with E-state index < -0.39 is 35.8 Å². The van der Waals surface area contributed by atoms with Crippen LogP contribution in [0.1, 0.15) is 40.9 Å². The minimum absolute atomic E-state index is 0.0391. The number of thioether (sulfide) groups is 1.